The van der Waals surface area contributed by atoms with Gasteiger partial charge in [0.1, 0.15) is 12.1 Å². The van der Waals surface area contributed by atoms with Crippen molar-refractivity contribution in [1.29, 1.82) is 0 Å². The van der Waals surface area contributed by atoms with E-state index in [1.807, 2.05) is 48.5 Å². The molecule has 6 amide bonds. The number of likely N-dealkylation sites (tertiary alicyclic amines) is 1. The first-order valence-corrected chi connectivity index (χ1v) is 13.1. The molecule has 1 saturated heterocycles. The van der Waals surface area contributed by atoms with Gasteiger partial charge in [0.2, 0.25) is 23.5 Å². The third-order valence-electron chi connectivity index (χ3n) is 6.62. The van der Waals surface area contributed by atoms with Crippen molar-refractivity contribution in [3.63, 3.8) is 0 Å². The molecule has 3 atom stereocenters. The molecule has 0 radical (unpaired) electrons. The smallest absolute Gasteiger partial charge is 0.315 e. The number of Topliss-reactive ketones (excluding diaryl/α,β-unsaturated/α-hetero) is 1. The summed E-state index contributed by atoms with van der Waals surface area (Å²) in [4.78, 5) is 77.2. The monoisotopic (exact) mass is 538 g/mol. The summed E-state index contributed by atoms with van der Waals surface area (Å²) in [5.74, 6) is -3.15. The molecule has 0 aromatic heterocycles. The molecule has 0 aromatic rings. The van der Waals surface area contributed by atoms with E-state index < -0.39 is 53.6 Å². The maximum Gasteiger partial charge on any atom is 0.315 e. The third kappa shape index (κ3) is 9.60. The molecule has 1 heterocycles. The predicted octanol–water partition coefficient (Wildman–Crippen LogP) is 0.535. The maximum absolute atomic E-state index is 13.6. The van der Waals surface area contributed by atoms with Crippen LogP contribution < -0.4 is 21.7 Å². The standard InChI is InChI=1S/C26H46N6O6/c1-9-12-31(16(2)33)15-19(25(3,4)5)29-24(38)30-20(26(6,7)8)23(37)32-13-10-11-17(32)22(36)28-14-18(34)21(27)35/h17,19-20H,9-15H2,1-8H3,(H2,27,35)(H,28,36)(H2,29,30,38)/t17-,19+,20+/m0/s1. The zero-order valence-corrected chi connectivity index (χ0v) is 24.1. The number of carbonyl (C=O) groups excluding carboxylic acids is 6. The van der Waals surface area contributed by atoms with Gasteiger partial charge in [0.25, 0.3) is 5.91 Å². The third-order valence-corrected chi connectivity index (χ3v) is 6.62. The van der Waals surface area contributed by atoms with E-state index in [1.54, 1.807) is 4.90 Å². The quantitative estimate of drug-likeness (QED) is 0.280. The van der Waals surface area contributed by atoms with Gasteiger partial charge < -0.3 is 31.5 Å². The van der Waals surface area contributed by atoms with E-state index in [9.17, 15) is 28.8 Å². The Labute approximate surface area is 225 Å². The van der Waals surface area contributed by atoms with E-state index >= 15 is 0 Å². The second-order valence-corrected chi connectivity index (χ2v) is 12.0. The van der Waals surface area contributed by atoms with Crippen LogP contribution in [0.3, 0.4) is 0 Å². The summed E-state index contributed by atoms with van der Waals surface area (Å²) in [5.41, 5.74) is 3.87. The van der Waals surface area contributed by atoms with Gasteiger partial charge in [-0.05, 0) is 30.1 Å². The number of ketones is 1. The Hall–Kier alpha value is -3.18. The van der Waals surface area contributed by atoms with Gasteiger partial charge >= 0.3 is 6.03 Å². The highest BCUT2D eigenvalue weighted by Gasteiger charge is 2.42. The van der Waals surface area contributed by atoms with Crippen LogP contribution in [-0.4, -0.2) is 89.5 Å². The van der Waals surface area contributed by atoms with Crippen molar-refractivity contribution in [3.8, 4) is 0 Å². The molecule has 1 aliphatic heterocycles. The minimum absolute atomic E-state index is 0.0815. The lowest BCUT2D eigenvalue weighted by molar-refractivity contribution is -0.142. The van der Waals surface area contributed by atoms with E-state index in [4.69, 9.17) is 5.73 Å². The van der Waals surface area contributed by atoms with Crippen LogP contribution in [0, 0.1) is 10.8 Å². The number of carbonyl (C=O) groups is 6. The second kappa shape index (κ2) is 13.6. The summed E-state index contributed by atoms with van der Waals surface area (Å²) in [6, 6.07) is -2.73. The fourth-order valence-electron chi connectivity index (χ4n) is 4.22. The highest BCUT2D eigenvalue weighted by molar-refractivity contribution is 6.36. The molecule has 0 aromatic carbocycles. The second-order valence-electron chi connectivity index (χ2n) is 12.0. The molecule has 38 heavy (non-hydrogen) atoms. The van der Waals surface area contributed by atoms with Crippen LogP contribution in [0.25, 0.3) is 0 Å². The number of nitrogens with zero attached hydrogens (tertiary/aromatic N) is 2. The van der Waals surface area contributed by atoms with Gasteiger partial charge in [0.05, 0.1) is 12.6 Å². The molecular weight excluding hydrogens is 492 g/mol. The molecule has 1 aliphatic rings. The number of amides is 6. The number of hydrogen-bond acceptors (Lipinski definition) is 6. The number of hydrogen-bond donors (Lipinski definition) is 4. The van der Waals surface area contributed by atoms with E-state index in [-0.39, 0.29) is 17.4 Å². The van der Waals surface area contributed by atoms with Crippen molar-refractivity contribution in [1.82, 2.24) is 25.8 Å². The summed E-state index contributed by atoms with van der Waals surface area (Å²) in [5, 5.41) is 8.13. The molecule has 1 rings (SSSR count). The molecule has 12 nitrogen and oxygen atoms in total. The maximum atomic E-state index is 13.6. The Morgan fingerprint density at radius 3 is 2.08 bits per heavy atom. The first-order chi connectivity index (χ1) is 17.4. The van der Waals surface area contributed by atoms with Crippen LogP contribution >= 0.6 is 0 Å². The summed E-state index contributed by atoms with van der Waals surface area (Å²) in [6.07, 6.45) is 1.74. The highest BCUT2D eigenvalue weighted by atomic mass is 16.2. The van der Waals surface area contributed by atoms with Gasteiger partial charge in [0.15, 0.2) is 0 Å². The van der Waals surface area contributed by atoms with Crippen molar-refractivity contribution in [2.75, 3.05) is 26.2 Å². The Kier molecular flexibility index (Phi) is 11.7. The summed E-state index contributed by atoms with van der Waals surface area (Å²) >= 11 is 0. The highest BCUT2D eigenvalue weighted by Crippen LogP contribution is 2.26. The summed E-state index contributed by atoms with van der Waals surface area (Å²) in [6.45, 7) is 15.5. The van der Waals surface area contributed by atoms with Gasteiger partial charge in [-0.2, -0.15) is 0 Å². The molecule has 0 saturated carbocycles. The topological polar surface area (TPSA) is 171 Å². The molecule has 0 aliphatic carbocycles. The molecule has 12 heteroatoms. The first-order valence-electron chi connectivity index (χ1n) is 13.1. The largest absolute Gasteiger partial charge is 0.363 e. The first kappa shape index (κ1) is 32.8. The lowest BCUT2D eigenvalue weighted by Crippen LogP contribution is -2.61. The van der Waals surface area contributed by atoms with Crippen molar-refractivity contribution in [2.24, 2.45) is 16.6 Å². The minimum atomic E-state index is -1.15. The SMILES string of the molecule is CCCN(C[C@@H](NC(=O)N[C@H](C(=O)N1CCC[C@H]1C(=O)NCC(=O)C(N)=O)C(C)(C)C)C(C)(C)C)C(C)=O. The van der Waals surface area contributed by atoms with Gasteiger partial charge in [-0.15, -0.1) is 0 Å². The number of urea groups is 1. The van der Waals surface area contributed by atoms with Crippen LogP contribution in [0.2, 0.25) is 0 Å². The summed E-state index contributed by atoms with van der Waals surface area (Å²) < 4.78 is 0. The van der Waals surface area contributed by atoms with Crippen LogP contribution in [-0.2, 0) is 24.0 Å². The number of primary amides is 1. The van der Waals surface area contributed by atoms with E-state index in [2.05, 4.69) is 16.0 Å². The molecule has 1 fully saturated rings. The molecule has 0 unspecified atom stereocenters. The van der Waals surface area contributed by atoms with Crippen molar-refractivity contribution < 1.29 is 28.8 Å². The normalized spacial score (nSPS) is 17.3. The lowest BCUT2D eigenvalue weighted by atomic mass is 9.85. The average Bonchev–Trinajstić information content (AvgIpc) is 3.28. The number of nitrogens with two attached hydrogens (primary N) is 1. The molecular formula is C26H46N6O6. The Morgan fingerprint density at radius 1 is 1.00 bits per heavy atom. The number of nitrogens with one attached hydrogen (secondary N) is 3. The van der Waals surface area contributed by atoms with Crippen LogP contribution in [0.4, 0.5) is 4.79 Å². The van der Waals surface area contributed by atoms with Gasteiger partial charge in [-0.3, -0.25) is 24.0 Å². The Bertz CT molecular complexity index is 907. The Balaban J connectivity index is 3.04. The van der Waals surface area contributed by atoms with Crippen molar-refractivity contribution in [3.05, 3.63) is 0 Å². The van der Waals surface area contributed by atoms with Gasteiger partial charge in [-0.25, -0.2) is 4.79 Å². The molecule has 5 N–H and O–H groups in total. The van der Waals surface area contributed by atoms with E-state index in [0.29, 0.717) is 32.5 Å². The average molecular weight is 539 g/mol. The van der Waals surface area contributed by atoms with Gasteiger partial charge in [-0.1, -0.05) is 48.5 Å². The van der Waals surface area contributed by atoms with Gasteiger partial charge in [0, 0.05) is 26.6 Å². The minimum Gasteiger partial charge on any atom is -0.363 e. The van der Waals surface area contributed by atoms with E-state index in [0.717, 1.165) is 6.42 Å². The zero-order chi connectivity index (χ0) is 29.4. The molecule has 216 valence electrons. The van der Waals surface area contributed by atoms with Crippen molar-refractivity contribution in [2.45, 2.75) is 92.8 Å². The Morgan fingerprint density at radius 2 is 1.61 bits per heavy atom. The fraction of sp³-hybridized carbons (Fsp3) is 0.769. The fourth-order valence-corrected chi connectivity index (χ4v) is 4.22. The predicted molar refractivity (Wildman–Crippen MR) is 143 cm³/mol. The molecule has 0 spiro atoms. The lowest BCUT2D eigenvalue weighted by Gasteiger charge is -2.38. The van der Waals surface area contributed by atoms with Crippen LogP contribution in [0.15, 0.2) is 0 Å². The van der Waals surface area contributed by atoms with Crippen molar-refractivity contribution >= 4 is 35.4 Å². The molecule has 0 bridgehead atoms. The number of rotatable bonds is 11. The van der Waals surface area contributed by atoms with E-state index in [1.165, 1.54) is 11.8 Å². The summed E-state index contributed by atoms with van der Waals surface area (Å²) in [7, 11) is 0. The zero-order valence-electron chi connectivity index (χ0n) is 24.1. The van der Waals surface area contributed by atoms with Crippen LogP contribution in [0.5, 0.6) is 0 Å². The van der Waals surface area contributed by atoms with Crippen LogP contribution in [0.1, 0.15) is 74.7 Å².